The summed E-state index contributed by atoms with van der Waals surface area (Å²) in [5.74, 6) is 1.58. The lowest BCUT2D eigenvalue weighted by atomic mass is 9.93. The van der Waals surface area contributed by atoms with Gasteiger partial charge in [0.15, 0.2) is 0 Å². The third-order valence-corrected chi connectivity index (χ3v) is 3.89. The largest absolute Gasteiger partial charge is 0.378 e. The number of nitrogens with zero attached hydrogens (tertiary/aromatic N) is 1. The lowest BCUT2D eigenvalue weighted by Gasteiger charge is -2.22. The van der Waals surface area contributed by atoms with Crippen LogP contribution >= 0.6 is 0 Å². The van der Waals surface area contributed by atoms with E-state index >= 15 is 0 Å². The van der Waals surface area contributed by atoms with Crippen LogP contribution in [0.5, 0.6) is 0 Å². The zero-order chi connectivity index (χ0) is 10.1. The Labute approximate surface area is 87.6 Å². The fourth-order valence-electron chi connectivity index (χ4n) is 3.09. The molecule has 2 rings (SSSR count). The molecule has 14 heavy (non-hydrogen) atoms. The van der Waals surface area contributed by atoms with Gasteiger partial charge in [-0.3, -0.25) is 0 Å². The van der Waals surface area contributed by atoms with Crippen LogP contribution in [0.4, 0.5) is 0 Å². The summed E-state index contributed by atoms with van der Waals surface area (Å²) in [5.41, 5.74) is 0. The Morgan fingerprint density at radius 2 is 2.14 bits per heavy atom. The Balaban J connectivity index is 1.91. The SMILES string of the molecule is CC(C)[C@@H]1C[C@H](C2CCCO2)CN1C. The molecule has 3 atom stereocenters. The molecule has 2 heteroatoms. The fraction of sp³-hybridized carbons (Fsp3) is 1.00. The maximum atomic E-state index is 5.79. The van der Waals surface area contributed by atoms with Crippen molar-refractivity contribution >= 4 is 0 Å². The van der Waals surface area contributed by atoms with Gasteiger partial charge in [-0.05, 0) is 38.1 Å². The van der Waals surface area contributed by atoms with Crippen molar-refractivity contribution in [3.63, 3.8) is 0 Å². The normalized spacial score (nSPS) is 39.9. The minimum absolute atomic E-state index is 0.571. The molecule has 0 amide bonds. The van der Waals surface area contributed by atoms with Crippen LogP contribution in [0.2, 0.25) is 0 Å². The second-order valence-electron chi connectivity index (χ2n) is 5.30. The number of hydrogen-bond acceptors (Lipinski definition) is 2. The molecule has 0 bridgehead atoms. The molecule has 2 nitrogen and oxygen atoms in total. The molecule has 0 aromatic rings. The van der Waals surface area contributed by atoms with Gasteiger partial charge in [0.1, 0.15) is 0 Å². The predicted octanol–water partition coefficient (Wildman–Crippen LogP) is 2.14. The Morgan fingerprint density at radius 3 is 2.64 bits per heavy atom. The first kappa shape index (κ1) is 10.4. The number of rotatable bonds is 2. The molecule has 2 aliphatic heterocycles. The summed E-state index contributed by atoms with van der Waals surface area (Å²) >= 11 is 0. The average Bonchev–Trinajstić information content (AvgIpc) is 2.70. The van der Waals surface area contributed by atoms with Gasteiger partial charge in [-0.15, -0.1) is 0 Å². The molecule has 0 aliphatic carbocycles. The van der Waals surface area contributed by atoms with Crippen molar-refractivity contribution in [3.05, 3.63) is 0 Å². The first-order valence-corrected chi connectivity index (χ1v) is 6.00. The van der Waals surface area contributed by atoms with Gasteiger partial charge in [-0.25, -0.2) is 0 Å². The molecule has 0 aromatic carbocycles. The predicted molar refractivity (Wildman–Crippen MR) is 58.3 cm³/mol. The highest BCUT2D eigenvalue weighted by Gasteiger charge is 2.37. The molecule has 0 aromatic heterocycles. The van der Waals surface area contributed by atoms with Crippen LogP contribution in [-0.4, -0.2) is 37.2 Å². The van der Waals surface area contributed by atoms with Crippen molar-refractivity contribution in [1.29, 1.82) is 0 Å². The standard InChI is InChI=1S/C12H23NO/c1-9(2)11-7-10(8-13(11)3)12-5-4-6-14-12/h9-12H,4-8H2,1-3H3/t10-,11-,12?/m0/s1. The van der Waals surface area contributed by atoms with Crippen LogP contribution in [0.25, 0.3) is 0 Å². The Kier molecular flexibility index (Phi) is 3.13. The quantitative estimate of drug-likeness (QED) is 0.672. The van der Waals surface area contributed by atoms with E-state index < -0.39 is 0 Å². The molecule has 1 unspecified atom stereocenters. The highest BCUT2D eigenvalue weighted by molar-refractivity contribution is 4.89. The van der Waals surface area contributed by atoms with E-state index in [0.29, 0.717) is 6.10 Å². The van der Waals surface area contributed by atoms with E-state index in [4.69, 9.17) is 4.74 Å². The van der Waals surface area contributed by atoms with Crippen molar-refractivity contribution in [2.75, 3.05) is 20.2 Å². The van der Waals surface area contributed by atoms with Crippen molar-refractivity contribution in [2.24, 2.45) is 11.8 Å². The van der Waals surface area contributed by atoms with Gasteiger partial charge < -0.3 is 9.64 Å². The van der Waals surface area contributed by atoms with Crippen LogP contribution in [0.3, 0.4) is 0 Å². The van der Waals surface area contributed by atoms with Crippen molar-refractivity contribution in [1.82, 2.24) is 4.90 Å². The number of ether oxygens (including phenoxy) is 1. The minimum atomic E-state index is 0.571. The van der Waals surface area contributed by atoms with Crippen LogP contribution in [-0.2, 0) is 4.74 Å². The molecular weight excluding hydrogens is 174 g/mol. The van der Waals surface area contributed by atoms with Crippen molar-refractivity contribution in [2.45, 2.75) is 45.3 Å². The third-order valence-electron chi connectivity index (χ3n) is 3.89. The average molecular weight is 197 g/mol. The smallest absolute Gasteiger partial charge is 0.0616 e. The Morgan fingerprint density at radius 1 is 1.36 bits per heavy atom. The van der Waals surface area contributed by atoms with E-state index in [1.807, 2.05) is 0 Å². The second kappa shape index (κ2) is 4.19. The summed E-state index contributed by atoms with van der Waals surface area (Å²) in [4.78, 5) is 2.52. The summed E-state index contributed by atoms with van der Waals surface area (Å²) in [6.07, 6.45) is 4.49. The zero-order valence-electron chi connectivity index (χ0n) is 9.70. The topological polar surface area (TPSA) is 12.5 Å². The summed E-state index contributed by atoms with van der Waals surface area (Å²) in [5, 5.41) is 0. The summed E-state index contributed by atoms with van der Waals surface area (Å²) in [7, 11) is 2.26. The second-order valence-corrected chi connectivity index (χ2v) is 5.30. The van der Waals surface area contributed by atoms with E-state index in [0.717, 1.165) is 24.5 Å². The van der Waals surface area contributed by atoms with Gasteiger partial charge in [-0.2, -0.15) is 0 Å². The molecular formula is C12H23NO. The van der Waals surface area contributed by atoms with Gasteiger partial charge in [0.25, 0.3) is 0 Å². The van der Waals surface area contributed by atoms with Crippen LogP contribution in [0.15, 0.2) is 0 Å². The molecule has 2 saturated heterocycles. The van der Waals surface area contributed by atoms with E-state index in [2.05, 4.69) is 25.8 Å². The molecule has 0 N–H and O–H groups in total. The molecule has 2 heterocycles. The van der Waals surface area contributed by atoms with Gasteiger partial charge in [-0.1, -0.05) is 13.8 Å². The van der Waals surface area contributed by atoms with Crippen LogP contribution in [0, 0.1) is 11.8 Å². The van der Waals surface area contributed by atoms with Gasteiger partial charge >= 0.3 is 0 Å². The van der Waals surface area contributed by atoms with E-state index in [9.17, 15) is 0 Å². The number of hydrogen-bond donors (Lipinski definition) is 0. The number of likely N-dealkylation sites (tertiary alicyclic amines) is 1. The van der Waals surface area contributed by atoms with E-state index in [-0.39, 0.29) is 0 Å². The monoisotopic (exact) mass is 197 g/mol. The van der Waals surface area contributed by atoms with Crippen molar-refractivity contribution < 1.29 is 4.74 Å². The first-order chi connectivity index (χ1) is 6.68. The molecule has 82 valence electrons. The summed E-state index contributed by atoms with van der Waals surface area (Å²) < 4.78 is 5.79. The highest BCUT2D eigenvalue weighted by atomic mass is 16.5. The maximum absolute atomic E-state index is 5.79. The molecule has 0 radical (unpaired) electrons. The van der Waals surface area contributed by atoms with Crippen molar-refractivity contribution in [3.8, 4) is 0 Å². The summed E-state index contributed by atoms with van der Waals surface area (Å²) in [6, 6.07) is 0.782. The molecule has 2 aliphatic rings. The maximum Gasteiger partial charge on any atom is 0.0616 e. The highest BCUT2D eigenvalue weighted by Crippen LogP contribution is 2.33. The molecule has 0 saturated carbocycles. The van der Waals surface area contributed by atoms with Gasteiger partial charge in [0.05, 0.1) is 6.10 Å². The lowest BCUT2D eigenvalue weighted by molar-refractivity contribution is 0.0665. The van der Waals surface area contributed by atoms with E-state index in [1.54, 1.807) is 0 Å². The van der Waals surface area contributed by atoms with Crippen LogP contribution < -0.4 is 0 Å². The zero-order valence-corrected chi connectivity index (χ0v) is 9.70. The Hall–Kier alpha value is -0.0800. The minimum Gasteiger partial charge on any atom is -0.378 e. The summed E-state index contributed by atoms with van der Waals surface area (Å²) in [6.45, 7) is 6.91. The molecule has 0 spiro atoms. The third kappa shape index (κ3) is 1.96. The lowest BCUT2D eigenvalue weighted by Crippen LogP contribution is -2.29. The molecule has 2 fully saturated rings. The van der Waals surface area contributed by atoms with Gasteiger partial charge in [0, 0.05) is 19.2 Å². The van der Waals surface area contributed by atoms with Crippen LogP contribution in [0.1, 0.15) is 33.1 Å². The fourth-order valence-corrected chi connectivity index (χ4v) is 3.09. The van der Waals surface area contributed by atoms with Gasteiger partial charge in [0.2, 0.25) is 0 Å². The van der Waals surface area contributed by atoms with E-state index in [1.165, 1.54) is 25.8 Å². The first-order valence-electron chi connectivity index (χ1n) is 6.00. The Bertz CT molecular complexity index is 187.